The van der Waals surface area contributed by atoms with Crippen LogP contribution in [0.1, 0.15) is 0 Å². The zero-order valence-corrected chi connectivity index (χ0v) is 14.9. The van der Waals surface area contributed by atoms with Gasteiger partial charge in [0.1, 0.15) is 12.4 Å². The number of para-hydroxylation sites is 1. The maximum atomic E-state index is 12.4. The minimum Gasteiger partial charge on any atom is -0.492 e. The molecule has 0 aliphatic heterocycles. The molecule has 1 aromatic heterocycles. The number of fused-ring (bicyclic) bond motifs is 2. The molecule has 0 N–H and O–H groups in total. The second-order valence-electron chi connectivity index (χ2n) is 5.76. The molecule has 124 valence electrons. The van der Waals surface area contributed by atoms with Crippen molar-refractivity contribution in [2.75, 3.05) is 6.61 Å². The van der Waals surface area contributed by atoms with E-state index in [2.05, 4.69) is 27.0 Å². The highest BCUT2D eigenvalue weighted by atomic mass is 79.9. The fourth-order valence-electron chi connectivity index (χ4n) is 2.81. The van der Waals surface area contributed by atoms with E-state index in [-0.39, 0.29) is 5.56 Å². The Bertz CT molecular complexity index is 1120. The number of nitrogens with zero attached hydrogens (tertiary/aromatic N) is 2. The highest BCUT2D eigenvalue weighted by molar-refractivity contribution is 9.10. The predicted octanol–water partition coefficient (Wildman–Crippen LogP) is 4.39. The van der Waals surface area contributed by atoms with Crippen molar-refractivity contribution < 1.29 is 4.74 Å². The van der Waals surface area contributed by atoms with Gasteiger partial charge in [0.2, 0.25) is 0 Å². The van der Waals surface area contributed by atoms with Gasteiger partial charge in [-0.2, -0.15) is 0 Å². The molecule has 4 rings (SSSR count). The average molecular weight is 395 g/mol. The Labute approximate surface area is 152 Å². The second-order valence-corrected chi connectivity index (χ2v) is 6.68. The SMILES string of the molecule is O=c1c2ccccc2ncn1CCOc1ccc2cc(Br)ccc2c1. The fraction of sp³-hybridized carbons (Fsp3) is 0.100. The summed E-state index contributed by atoms with van der Waals surface area (Å²) in [6.45, 7) is 0.858. The molecule has 0 aliphatic carbocycles. The van der Waals surface area contributed by atoms with E-state index in [0.717, 1.165) is 21.0 Å². The molecule has 0 saturated carbocycles. The molecular formula is C20H15BrN2O2. The van der Waals surface area contributed by atoms with Gasteiger partial charge in [-0.1, -0.05) is 40.2 Å². The van der Waals surface area contributed by atoms with Gasteiger partial charge < -0.3 is 4.74 Å². The van der Waals surface area contributed by atoms with Crippen LogP contribution in [0.3, 0.4) is 0 Å². The molecule has 4 nitrogen and oxygen atoms in total. The van der Waals surface area contributed by atoms with Gasteiger partial charge in [0.05, 0.1) is 23.8 Å². The average Bonchev–Trinajstić information content (AvgIpc) is 2.64. The van der Waals surface area contributed by atoms with E-state index < -0.39 is 0 Å². The van der Waals surface area contributed by atoms with Crippen LogP contribution in [0.4, 0.5) is 0 Å². The lowest BCUT2D eigenvalue weighted by molar-refractivity contribution is 0.296. The van der Waals surface area contributed by atoms with Crippen molar-refractivity contribution in [1.29, 1.82) is 0 Å². The van der Waals surface area contributed by atoms with E-state index in [1.165, 1.54) is 0 Å². The van der Waals surface area contributed by atoms with Crippen LogP contribution in [0.15, 0.2) is 76.3 Å². The highest BCUT2D eigenvalue weighted by Gasteiger charge is 2.04. The van der Waals surface area contributed by atoms with Crippen LogP contribution in [0.25, 0.3) is 21.7 Å². The largest absolute Gasteiger partial charge is 0.492 e. The normalized spacial score (nSPS) is 11.1. The van der Waals surface area contributed by atoms with Gasteiger partial charge in [-0.3, -0.25) is 9.36 Å². The first kappa shape index (κ1) is 15.8. The van der Waals surface area contributed by atoms with Crippen LogP contribution in [-0.2, 0) is 6.54 Å². The molecule has 0 radical (unpaired) electrons. The minimum absolute atomic E-state index is 0.0439. The Morgan fingerprint density at radius 1 is 1.00 bits per heavy atom. The summed E-state index contributed by atoms with van der Waals surface area (Å²) in [7, 11) is 0. The summed E-state index contributed by atoms with van der Waals surface area (Å²) >= 11 is 3.47. The topological polar surface area (TPSA) is 44.1 Å². The zero-order valence-electron chi connectivity index (χ0n) is 13.4. The van der Waals surface area contributed by atoms with Crippen molar-refractivity contribution in [2.45, 2.75) is 6.54 Å². The Hall–Kier alpha value is -2.66. The van der Waals surface area contributed by atoms with Crippen molar-refractivity contribution >= 4 is 37.6 Å². The van der Waals surface area contributed by atoms with Crippen LogP contribution >= 0.6 is 15.9 Å². The third kappa shape index (κ3) is 3.28. The summed E-state index contributed by atoms with van der Waals surface area (Å²) in [6, 6.07) is 19.4. The van der Waals surface area contributed by atoms with Crippen molar-refractivity contribution in [3.63, 3.8) is 0 Å². The van der Waals surface area contributed by atoms with Crippen LogP contribution in [-0.4, -0.2) is 16.2 Å². The smallest absolute Gasteiger partial charge is 0.261 e. The first-order valence-electron chi connectivity index (χ1n) is 7.97. The van der Waals surface area contributed by atoms with Gasteiger partial charge in [-0.25, -0.2) is 4.98 Å². The molecule has 0 bridgehead atoms. The lowest BCUT2D eigenvalue weighted by Gasteiger charge is -2.09. The molecule has 3 aromatic carbocycles. The molecule has 0 fully saturated rings. The summed E-state index contributed by atoms with van der Waals surface area (Å²) in [4.78, 5) is 16.8. The molecule has 1 heterocycles. The van der Waals surface area contributed by atoms with Crippen molar-refractivity contribution in [3.8, 4) is 5.75 Å². The molecule has 5 heteroatoms. The Morgan fingerprint density at radius 3 is 2.72 bits per heavy atom. The van der Waals surface area contributed by atoms with Gasteiger partial charge >= 0.3 is 0 Å². The van der Waals surface area contributed by atoms with Crippen LogP contribution in [0.5, 0.6) is 5.75 Å². The number of ether oxygens (including phenoxy) is 1. The zero-order chi connectivity index (χ0) is 17.2. The molecule has 0 amide bonds. The van der Waals surface area contributed by atoms with Crippen LogP contribution in [0.2, 0.25) is 0 Å². The Kier molecular flexibility index (Phi) is 4.24. The Balaban J connectivity index is 1.50. The number of halogens is 1. The first-order chi connectivity index (χ1) is 12.2. The summed E-state index contributed by atoms with van der Waals surface area (Å²) < 4.78 is 8.45. The van der Waals surface area contributed by atoms with Crippen molar-refractivity contribution in [3.05, 3.63) is 81.8 Å². The monoisotopic (exact) mass is 394 g/mol. The van der Waals surface area contributed by atoms with E-state index in [1.54, 1.807) is 17.0 Å². The lowest BCUT2D eigenvalue weighted by Crippen LogP contribution is -2.23. The molecule has 0 unspecified atom stereocenters. The van der Waals surface area contributed by atoms with E-state index in [1.807, 2.05) is 48.5 Å². The van der Waals surface area contributed by atoms with E-state index >= 15 is 0 Å². The maximum absolute atomic E-state index is 12.4. The molecular weight excluding hydrogens is 380 g/mol. The maximum Gasteiger partial charge on any atom is 0.261 e. The predicted molar refractivity (Wildman–Crippen MR) is 103 cm³/mol. The van der Waals surface area contributed by atoms with Crippen molar-refractivity contribution in [1.82, 2.24) is 9.55 Å². The van der Waals surface area contributed by atoms with E-state index in [0.29, 0.717) is 24.1 Å². The molecule has 25 heavy (non-hydrogen) atoms. The second kappa shape index (κ2) is 6.69. The van der Waals surface area contributed by atoms with E-state index in [4.69, 9.17) is 4.74 Å². The summed E-state index contributed by atoms with van der Waals surface area (Å²) in [5.74, 6) is 0.789. The quantitative estimate of drug-likeness (QED) is 0.515. The number of benzene rings is 3. The summed E-state index contributed by atoms with van der Waals surface area (Å²) in [6.07, 6.45) is 1.58. The molecule has 0 saturated heterocycles. The van der Waals surface area contributed by atoms with Gasteiger partial charge in [0, 0.05) is 4.47 Å². The number of rotatable bonds is 4. The molecule has 0 spiro atoms. The van der Waals surface area contributed by atoms with Crippen molar-refractivity contribution in [2.24, 2.45) is 0 Å². The van der Waals surface area contributed by atoms with Gasteiger partial charge in [-0.15, -0.1) is 0 Å². The first-order valence-corrected chi connectivity index (χ1v) is 8.76. The Morgan fingerprint density at radius 2 is 1.80 bits per heavy atom. The molecule has 0 atom stereocenters. The van der Waals surface area contributed by atoms with Gasteiger partial charge in [0.15, 0.2) is 0 Å². The van der Waals surface area contributed by atoms with Gasteiger partial charge in [-0.05, 0) is 47.2 Å². The fourth-order valence-corrected chi connectivity index (χ4v) is 3.19. The standard InChI is InChI=1S/C20H15BrN2O2/c21-16-7-5-15-12-17(8-6-14(15)11-16)25-10-9-23-13-22-19-4-2-1-3-18(19)20(23)24/h1-8,11-13H,9-10H2. The molecule has 0 aliphatic rings. The van der Waals surface area contributed by atoms with Gasteiger partial charge in [0.25, 0.3) is 5.56 Å². The summed E-state index contributed by atoms with van der Waals surface area (Å²) in [5, 5.41) is 2.89. The molecule has 4 aromatic rings. The van der Waals surface area contributed by atoms with Crippen LogP contribution in [0, 0.1) is 0 Å². The highest BCUT2D eigenvalue weighted by Crippen LogP contribution is 2.24. The number of hydrogen-bond donors (Lipinski definition) is 0. The van der Waals surface area contributed by atoms with E-state index in [9.17, 15) is 4.79 Å². The number of aromatic nitrogens is 2. The van der Waals surface area contributed by atoms with Crippen LogP contribution < -0.4 is 10.3 Å². The third-order valence-corrected chi connectivity index (χ3v) is 4.60. The summed E-state index contributed by atoms with van der Waals surface area (Å²) in [5.41, 5.74) is 0.669. The third-order valence-electron chi connectivity index (χ3n) is 4.11. The minimum atomic E-state index is -0.0439. The lowest BCUT2D eigenvalue weighted by atomic mass is 10.1. The number of hydrogen-bond acceptors (Lipinski definition) is 3.